The van der Waals surface area contributed by atoms with Crippen LogP contribution in [0.4, 0.5) is 13.2 Å². The number of ketones is 1. The highest BCUT2D eigenvalue weighted by atomic mass is 32.2. The molecule has 60 heavy (non-hydrogen) atoms. The fourth-order valence-electron chi connectivity index (χ4n) is 8.29. The zero-order chi connectivity index (χ0) is 42.8. The number of carbonyl (C=O) groups excluding carboxylic acids is 3. The Hall–Kier alpha value is -5.57. The number of benzene rings is 3. The summed E-state index contributed by atoms with van der Waals surface area (Å²) in [5.41, 5.74) is -0.498. The average molecular weight is 843 g/mol. The van der Waals surface area contributed by atoms with E-state index in [0.717, 1.165) is 17.7 Å². The number of hydrogen-bond donors (Lipinski definition) is 1. The van der Waals surface area contributed by atoms with E-state index in [0.29, 0.717) is 41.3 Å². The van der Waals surface area contributed by atoms with Crippen LogP contribution in [0.1, 0.15) is 64.0 Å². The molecule has 3 aromatic carbocycles. The summed E-state index contributed by atoms with van der Waals surface area (Å²) in [6, 6.07) is 20.0. The van der Waals surface area contributed by atoms with E-state index in [1.807, 2.05) is 51.1 Å². The molecule has 3 heterocycles. The van der Waals surface area contributed by atoms with Crippen molar-refractivity contribution in [3.8, 4) is 17.3 Å². The number of furan rings is 1. The molecule has 2 saturated carbocycles. The Balaban J connectivity index is 1.15. The minimum absolute atomic E-state index is 0.00490. The van der Waals surface area contributed by atoms with Crippen molar-refractivity contribution in [1.29, 1.82) is 0 Å². The van der Waals surface area contributed by atoms with Crippen molar-refractivity contribution in [2.45, 2.75) is 82.9 Å². The molecule has 314 valence electrons. The average Bonchev–Trinajstić information content (AvgIpc) is 4.11. The van der Waals surface area contributed by atoms with Gasteiger partial charge in [-0.25, -0.2) is 13.4 Å². The Kier molecular flexibility index (Phi) is 10.4. The van der Waals surface area contributed by atoms with E-state index in [1.165, 1.54) is 17.0 Å². The second kappa shape index (κ2) is 15.2. The molecule has 0 spiro atoms. The molecule has 3 fully saturated rings. The number of likely N-dealkylation sites (tertiary alicyclic amines) is 1. The number of amides is 2. The van der Waals surface area contributed by atoms with Crippen molar-refractivity contribution in [3.63, 3.8) is 0 Å². The Morgan fingerprint density at radius 1 is 1.00 bits per heavy atom. The normalized spacial score (nSPS) is 22.4. The van der Waals surface area contributed by atoms with Crippen LogP contribution in [0.5, 0.6) is 5.88 Å². The highest BCUT2D eigenvalue weighted by Gasteiger charge is 2.61. The number of alkyl halides is 3. The number of halogens is 3. The van der Waals surface area contributed by atoms with E-state index in [1.54, 1.807) is 30.3 Å². The summed E-state index contributed by atoms with van der Waals surface area (Å²) in [6.45, 7) is 9.66. The quantitative estimate of drug-likeness (QED) is 0.116. The second-order valence-corrected chi connectivity index (χ2v) is 19.3. The molecule has 2 aliphatic carbocycles. The third kappa shape index (κ3) is 8.03. The second-order valence-electron chi connectivity index (χ2n) is 17.3. The van der Waals surface area contributed by atoms with Gasteiger partial charge in [0, 0.05) is 29.7 Å². The molecule has 2 aromatic heterocycles. The van der Waals surface area contributed by atoms with Crippen molar-refractivity contribution in [1.82, 2.24) is 19.6 Å². The van der Waals surface area contributed by atoms with E-state index in [-0.39, 0.29) is 49.0 Å². The number of hydrogen-bond acceptors (Lipinski definition) is 9. The molecule has 0 unspecified atom stereocenters. The van der Waals surface area contributed by atoms with Crippen LogP contribution in [0, 0.1) is 22.7 Å². The van der Waals surface area contributed by atoms with Gasteiger partial charge in [0.25, 0.3) is 5.88 Å². The van der Waals surface area contributed by atoms with E-state index in [9.17, 15) is 36.0 Å². The number of allylic oxidation sites excluding steroid dienone is 1. The van der Waals surface area contributed by atoms with Gasteiger partial charge < -0.3 is 14.1 Å². The molecule has 8 rings (SSSR count). The molecular weight excluding hydrogens is 798 g/mol. The van der Waals surface area contributed by atoms with Crippen LogP contribution in [0.15, 0.2) is 95.9 Å². The van der Waals surface area contributed by atoms with Crippen LogP contribution in [0.3, 0.4) is 0 Å². The summed E-state index contributed by atoms with van der Waals surface area (Å²) in [4.78, 5) is 54.1. The number of nitrogens with zero attached hydrogens (tertiary/aromatic N) is 3. The monoisotopic (exact) mass is 842 g/mol. The smallest absolute Gasteiger partial charge is 0.416 e. The van der Waals surface area contributed by atoms with Gasteiger partial charge in [0.1, 0.15) is 17.2 Å². The molecule has 1 saturated heterocycles. The number of fused-ring (bicyclic) bond motifs is 3. The fraction of sp³-hybridized carbons (Fsp3) is 0.400. The zero-order valence-corrected chi connectivity index (χ0v) is 34.2. The third-order valence-electron chi connectivity index (χ3n) is 12.0. The van der Waals surface area contributed by atoms with Crippen molar-refractivity contribution in [2.75, 3.05) is 6.54 Å². The lowest BCUT2D eigenvalue weighted by Crippen LogP contribution is -2.48. The van der Waals surface area contributed by atoms with Gasteiger partial charge in [-0.1, -0.05) is 81.4 Å². The number of aromatic nitrogens is 2. The van der Waals surface area contributed by atoms with Crippen LogP contribution in [0.2, 0.25) is 0 Å². The van der Waals surface area contributed by atoms with Gasteiger partial charge in [-0.2, -0.15) is 18.2 Å². The Labute approximate surface area is 345 Å². The standard InChI is InChI=1S/C45H45F3N4O7S/c1-5-28-23-44(28,42(55)51-60(56,57)31-19-20-31)24-35(53)34-22-30(25-52(34)41(54)33(43(2,3)4)21-26-11-7-6-8-12-26)58-40-38-37(32-13-9-10-14-36(32)59-38)49-39(50-40)27-15-17-29(18-16-27)45(46,47)48/h5-18,28,30-31,33-34H,1,19-25H2,2-4H3,(H,51,55)/t28-,30-,33-,34+,44-/m1/s1. The number of ether oxygens (including phenoxy) is 1. The van der Waals surface area contributed by atoms with Gasteiger partial charge in [-0.3, -0.25) is 19.1 Å². The van der Waals surface area contributed by atoms with Gasteiger partial charge in [-0.05, 0) is 66.8 Å². The number of sulfonamides is 1. The van der Waals surface area contributed by atoms with Crippen molar-refractivity contribution >= 4 is 49.7 Å². The first-order valence-corrected chi connectivity index (χ1v) is 21.5. The molecule has 1 aliphatic heterocycles. The first-order valence-electron chi connectivity index (χ1n) is 20.0. The topological polar surface area (TPSA) is 149 Å². The summed E-state index contributed by atoms with van der Waals surface area (Å²) < 4.78 is 81.1. The lowest BCUT2D eigenvalue weighted by molar-refractivity contribution is -0.144. The van der Waals surface area contributed by atoms with Gasteiger partial charge in [-0.15, -0.1) is 6.58 Å². The highest BCUT2D eigenvalue weighted by Crippen LogP contribution is 2.57. The SMILES string of the molecule is C=C[C@@H]1C[C@]1(CC(=O)[C@@H]1C[C@@H](Oc2nc(-c3ccc(C(F)(F)F)cc3)nc3c2oc2ccccc23)CN1C(=O)[C@@H](Cc1ccccc1)C(C)(C)C)C(=O)NS(=O)(=O)C1CC1. The molecule has 11 nitrogen and oxygen atoms in total. The van der Waals surface area contributed by atoms with E-state index in [2.05, 4.69) is 21.3 Å². The lowest BCUT2D eigenvalue weighted by atomic mass is 9.76. The van der Waals surface area contributed by atoms with Gasteiger partial charge in [0.2, 0.25) is 27.4 Å². The molecule has 0 radical (unpaired) electrons. The Morgan fingerprint density at radius 3 is 2.32 bits per heavy atom. The maximum absolute atomic E-state index is 14.9. The van der Waals surface area contributed by atoms with Crippen LogP contribution in [0.25, 0.3) is 33.5 Å². The maximum Gasteiger partial charge on any atom is 0.416 e. The number of nitrogens with one attached hydrogen (secondary N) is 1. The number of Topliss-reactive ketones (excluding diaryl/α,β-unsaturated/α-hetero) is 1. The number of carbonyl (C=O) groups is 3. The lowest BCUT2D eigenvalue weighted by Gasteiger charge is -2.35. The molecular formula is C45H45F3N4O7S. The number of rotatable bonds is 13. The van der Waals surface area contributed by atoms with Crippen molar-refractivity contribution in [3.05, 3.63) is 103 Å². The van der Waals surface area contributed by atoms with Gasteiger partial charge >= 0.3 is 6.18 Å². The van der Waals surface area contributed by atoms with E-state index in [4.69, 9.17) is 9.15 Å². The highest BCUT2D eigenvalue weighted by molar-refractivity contribution is 7.90. The van der Waals surface area contributed by atoms with Crippen LogP contribution >= 0.6 is 0 Å². The predicted molar refractivity (Wildman–Crippen MR) is 218 cm³/mol. The summed E-state index contributed by atoms with van der Waals surface area (Å²) in [7, 11) is -3.90. The summed E-state index contributed by atoms with van der Waals surface area (Å²) in [6.07, 6.45) is -2.62. The molecule has 0 bridgehead atoms. The van der Waals surface area contributed by atoms with E-state index >= 15 is 0 Å². The number of para-hydroxylation sites is 1. The third-order valence-corrected chi connectivity index (χ3v) is 13.9. The molecule has 15 heteroatoms. The maximum atomic E-state index is 14.9. The summed E-state index contributed by atoms with van der Waals surface area (Å²) in [5.74, 6) is -2.44. The summed E-state index contributed by atoms with van der Waals surface area (Å²) in [5, 5.41) is -0.0266. The van der Waals surface area contributed by atoms with Crippen LogP contribution in [-0.4, -0.2) is 64.8 Å². The molecule has 5 aromatic rings. The van der Waals surface area contributed by atoms with Gasteiger partial charge in [0.05, 0.1) is 28.8 Å². The van der Waals surface area contributed by atoms with Crippen LogP contribution in [-0.2, 0) is 37.0 Å². The Bertz CT molecular complexity index is 2600. The molecule has 3 aliphatic rings. The van der Waals surface area contributed by atoms with E-state index < -0.39 is 73.5 Å². The molecule has 5 atom stereocenters. The minimum atomic E-state index is -4.55. The first kappa shape index (κ1) is 41.2. The molecule has 2 amide bonds. The predicted octanol–water partition coefficient (Wildman–Crippen LogP) is 8.08. The largest absolute Gasteiger partial charge is 0.470 e. The van der Waals surface area contributed by atoms with Crippen LogP contribution < -0.4 is 9.46 Å². The minimum Gasteiger partial charge on any atom is -0.470 e. The van der Waals surface area contributed by atoms with Gasteiger partial charge in [0.15, 0.2) is 11.6 Å². The zero-order valence-electron chi connectivity index (χ0n) is 33.4. The first-order chi connectivity index (χ1) is 28.4. The van der Waals surface area contributed by atoms with Crippen molar-refractivity contribution < 1.29 is 45.1 Å². The Morgan fingerprint density at radius 2 is 1.68 bits per heavy atom. The van der Waals surface area contributed by atoms with Crippen molar-refractivity contribution in [2.24, 2.45) is 22.7 Å². The summed E-state index contributed by atoms with van der Waals surface area (Å²) >= 11 is 0. The fourth-order valence-corrected chi connectivity index (χ4v) is 9.68. The molecule has 1 N–H and O–H groups in total.